The average molecular weight is 422 g/mol. The maximum absolute atomic E-state index is 12.6. The van der Waals surface area contributed by atoms with Gasteiger partial charge in [-0.2, -0.15) is 0 Å². The molecule has 0 bridgehead atoms. The number of carbonyl (C=O) groups is 1. The summed E-state index contributed by atoms with van der Waals surface area (Å²) in [5.74, 6) is 2.49. The number of hydrogen-bond acceptors (Lipinski definition) is 6. The van der Waals surface area contributed by atoms with Gasteiger partial charge in [-0.25, -0.2) is 9.78 Å². The molecule has 162 valence electrons. The lowest BCUT2D eigenvalue weighted by Crippen LogP contribution is -2.38. The van der Waals surface area contributed by atoms with Crippen molar-refractivity contribution in [3.8, 4) is 17.4 Å². The molecule has 3 aromatic rings. The summed E-state index contributed by atoms with van der Waals surface area (Å²) in [5.41, 5.74) is 0.478. The monoisotopic (exact) mass is 422 g/mol. The molecule has 0 spiro atoms. The molecule has 31 heavy (non-hydrogen) atoms. The number of aromatic nitrogens is 1. The summed E-state index contributed by atoms with van der Waals surface area (Å²) in [7, 11) is 1.61. The van der Waals surface area contributed by atoms with Crippen molar-refractivity contribution in [1.29, 1.82) is 0 Å². The molecule has 3 heterocycles. The average Bonchev–Trinajstić information content (AvgIpc) is 3.51. The van der Waals surface area contributed by atoms with E-state index < -0.39 is 0 Å². The van der Waals surface area contributed by atoms with Crippen LogP contribution in [0.1, 0.15) is 24.6 Å². The number of ether oxygens (including phenoxy) is 2. The van der Waals surface area contributed by atoms with Crippen LogP contribution in [0.15, 0.2) is 65.4 Å². The number of urea groups is 1. The van der Waals surface area contributed by atoms with Gasteiger partial charge in [0.25, 0.3) is 0 Å². The number of carbonyl (C=O) groups excluding carboxylic acids is 1. The molecule has 0 radical (unpaired) electrons. The van der Waals surface area contributed by atoms with E-state index in [1.54, 1.807) is 56.0 Å². The number of methoxy groups -OCH3 is 1. The van der Waals surface area contributed by atoms with Gasteiger partial charge in [0.15, 0.2) is 0 Å². The van der Waals surface area contributed by atoms with Gasteiger partial charge in [0.1, 0.15) is 22.9 Å². The first-order chi connectivity index (χ1) is 15.2. The second kappa shape index (κ2) is 9.99. The highest BCUT2D eigenvalue weighted by atomic mass is 16.5. The van der Waals surface area contributed by atoms with Crippen LogP contribution in [0, 0.1) is 0 Å². The second-order valence-electron chi connectivity index (χ2n) is 7.24. The molecule has 2 N–H and O–H groups in total. The van der Waals surface area contributed by atoms with Gasteiger partial charge in [-0.3, -0.25) is 4.90 Å². The Kier molecular flexibility index (Phi) is 6.68. The Morgan fingerprint density at radius 2 is 1.90 bits per heavy atom. The summed E-state index contributed by atoms with van der Waals surface area (Å²) in [5, 5.41) is 5.78. The zero-order chi connectivity index (χ0) is 21.5. The van der Waals surface area contributed by atoms with Crippen molar-refractivity contribution in [3.63, 3.8) is 0 Å². The Morgan fingerprint density at radius 1 is 1.13 bits per heavy atom. The van der Waals surface area contributed by atoms with Gasteiger partial charge in [0, 0.05) is 12.7 Å². The minimum atomic E-state index is -0.330. The van der Waals surface area contributed by atoms with Crippen LogP contribution < -0.4 is 20.1 Å². The fourth-order valence-corrected chi connectivity index (χ4v) is 3.62. The Labute approximate surface area is 181 Å². The van der Waals surface area contributed by atoms with Gasteiger partial charge in [-0.05, 0) is 74.5 Å². The molecule has 1 saturated heterocycles. The zero-order valence-electron chi connectivity index (χ0n) is 17.4. The molecule has 8 heteroatoms. The maximum Gasteiger partial charge on any atom is 0.319 e. The fourth-order valence-electron chi connectivity index (χ4n) is 3.62. The smallest absolute Gasteiger partial charge is 0.319 e. The van der Waals surface area contributed by atoms with Gasteiger partial charge in [-0.1, -0.05) is 0 Å². The molecule has 1 aliphatic heterocycles. The van der Waals surface area contributed by atoms with E-state index in [0.29, 0.717) is 23.9 Å². The molecule has 0 saturated carbocycles. The van der Waals surface area contributed by atoms with Crippen molar-refractivity contribution in [2.24, 2.45) is 0 Å². The fraction of sp³-hybridized carbons (Fsp3) is 0.304. The molecule has 0 aliphatic carbocycles. The van der Waals surface area contributed by atoms with Crippen LogP contribution in [0.5, 0.6) is 17.4 Å². The first-order valence-corrected chi connectivity index (χ1v) is 10.3. The van der Waals surface area contributed by atoms with Crippen LogP contribution >= 0.6 is 0 Å². The summed E-state index contributed by atoms with van der Waals surface area (Å²) in [4.78, 5) is 19.2. The van der Waals surface area contributed by atoms with Crippen molar-refractivity contribution < 1.29 is 18.7 Å². The van der Waals surface area contributed by atoms with Crippen LogP contribution in [0.2, 0.25) is 0 Å². The quantitative estimate of drug-likeness (QED) is 0.558. The van der Waals surface area contributed by atoms with Gasteiger partial charge in [0.05, 0.1) is 19.4 Å². The molecule has 8 nitrogen and oxygen atoms in total. The summed E-state index contributed by atoms with van der Waals surface area (Å²) < 4.78 is 16.6. The molecule has 0 unspecified atom stereocenters. The Balaban J connectivity index is 1.39. The van der Waals surface area contributed by atoms with E-state index in [4.69, 9.17) is 13.9 Å². The number of anilines is 1. The minimum absolute atomic E-state index is 0.00664. The minimum Gasteiger partial charge on any atom is -0.497 e. The van der Waals surface area contributed by atoms with E-state index in [9.17, 15) is 4.79 Å². The first kappa shape index (κ1) is 20.7. The number of likely N-dealkylation sites (tertiary alicyclic amines) is 1. The topological polar surface area (TPSA) is 88.9 Å². The molecule has 1 aliphatic rings. The van der Waals surface area contributed by atoms with E-state index in [1.807, 2.05) is 12.1 Å². The van der Waals surface area contributed by atoms with Crippen molar-refractivity contribution in [2.45, 2.75) is 18.9 Å². The van der Waals surface area contributed by atoms with Crippen LogP contribution in [-0.2, 0) is 0 Å². The van der Waals surface area contributed by atoms with Gasteiger partial charge in [0.2, 0.25) is 5.88 Å². The van der Waals surface area contributed by atoms with Crippen molar-refractivity contribution in [2.75, 3.05) is 32.1 Å². The van der Waals surface area contributed by atoms with Crippen LogP contribution in [-0.4, -0.2) is 42.7 Å². The molecule has 1 atom stereocenters. The van der Waals surface area contributed by atoms with E-state index in [-0.39, 0.29) is 12.1 Å². The number of rotatable bonds is 8. The predicted octanol–water partition coefficient (Wildman–Crippen LogP) is 4.43. The lowest BCUT2D eigenvalue weighted by atomic mass is 10.2. The Morgan fingerprint density at radius 3 is 2.61 bits per heavy atom. The SMILES string of the molecule is COc1ccc(Oc2ncccc2NC(=O)NC[C@@H](c2ccco2)N2CCCC2)cc1. The summed E-state index contributed by atoms with van der Waals surface area (Å²) >= 11 is 0. The third-order valence-corrected chi connectivity index (χ3v) is 5.20. The van der Waals surface area contributed by atoms with E-state index >= 15 is 0 Å². The lowest BCUT2D eigenvalue weighted by molar-refractivity contribution is 0.206. The highest BCUT2D eigenvalue weighted by molar-refractivity contribution is 5.90. The Hall–Kier alpha value is -3.52. The van der Waals surface area contributed by atoms with Crippen molar-refractivity contribution in [1.82, 2.24) is 15.2 Å². The number of pyridine rings is 1. The van der Waals surface area contributed by atoms with Crippen molar-refractivity contribution >= 4 is 11.7 Å². The van der Waals surface area contributed by atoms with E-state index in [0.717, 1.165) is 37.4 Å². The second-order valence-corrected chi connectivity index (χ2v) is 7.24. The van der Waals surface area contributed by atoms with Crippen LogP contribution in [0.3, 0.4) is 0 Å². The molecule has 2 aromatic heterocycles. The normalized spacial score (nSPS) is 14.7. The highest BCUT2D eigenvalue weighted by Gasteiger charge is 2.26. The van der Waals surface area contributed by atoms with E-state index in [1.165, 1.54) is 0 Å². The maximum atomic E-state index is 12.6. The van der Waals surface area contributed by atoms with E-state index in [2.05, 4.69) is 20.5 Å². The molecule has 4 rings (SSSR count). The molecular formula is C23H26N4O4. The molecule has 1 aromatic carbocycles. The number of nitrogens with one attached hydrogen (secondary N) is 2. The lowest BCUT2D eigenvalue weighted by Gasteiger charge is -2.26. The number of amides is 2. The largest absolute Gasteiger partial charge is 0.497 e. The number of furan rings is 1. The first-order valence-electron chi connectivity index (χ1n) is 10.3. The summed E-state index contributed by atoms with van der Waals surface area (Å²) in [6.45, 7) is 2.43. The third-order valence-electron chi connectivity index (χ3n) is 5.20. The predicted molar refractivity (Wildman–Crippen MR) is 117 cm³/mol. The summed E-state index contributed by atoms with van der Waals surface area (Å²) in [6, 6.07) is 14.1. The number of nitrogens with zero attached hydrogens (tertiary/aromatic N) is 2. The molecular weight excluding hydrogens is 396 g/mol. The molecule has 2 amide bonds. The van der Waals surface area contributed by atoms with Crippen LogP contribution in [0.4, 0.5) is 10.5 Å². The number of hydrogen-bond donors (Lipinski definition) is 2. The van der Waals surface area contributed by atoms with Gasteiger partial charge >= 0.3 is 6.03 Å². The molecule has 1 fully saturated rings. The zero-order valence-corrected chi connectivity index (χ0v) is 17.4. The van der Waals surface area contributed by atoms with Gasteiger partial charge in [-0.15, -0.1) is 0 Å². The third kappa shape index (κ3) is 5.35. The summed E-state index contributed by atoms with van der Waals surface area (Å²) in [6.07, 6.45) is 5.59. The number of benzene rings is 1. The van der Waals surface area contributed by atoms with Crippen LogP contribution in [0.25, 0.3) is 0 Å². The van der Waals surface area contributed by atoms with Gasteiger partial charge < -0.3 is 24.5 Å². The standard InChI is InChI=1S/C23H26N4O4/c1-29-17-8-10-18(11-9-17)31-22-19(6-4-12-24-22)26-23(28)25-16-20(21-7-5-15-30-21)27-13-2-3-14-27/h4-12,15,20H,2-3,13-14,16H2,1H3,(H2,25,26,28)/t20-/m0/s1. The van der Waals surface area contributed by atoms with Crippen molar-refractivity contribution in [3.05, 3.63) is 66.8 Å². The Bertz CT molecular complexity index is 970. The highest BCUT2D eigenvalue weighted by Crippen LogP contribution is 2.28.